The van der Waals surface area contributed by atoms with Gasteiger partial charge in [0.2, 0.25) is 0 Å². The molecule has 1 saturated heterocycles. The lowest BCUT2D eigenvalue weighted by atomic mass is 10.1. The maximum Gasteiger partial charge on any atom is 0.151 e. The molecule has 8 heteroatoms. The molecular formula is C26H30ClNO5S. The van der Waals surface area contributed by atoms with E-state index in [0.717, 1.165) is 22.4 Å². The first kappa shape index (κ1) is 24.8. The fourth-order valence-electron chi connectivity index (χ4n) is 4.26. The molecule has 2 aromatic carbocycles. The molecule has 6 nitrogen and oxygen atoms in total. The van der Waals surface area contributed by atoms with E-state index >= 15 is 0 Å². The van der Waals surface area contributed by atoms with Crippen LogP contribution in [0.15, 0.2) is 59.0 Å². The molecule has 182 valence electrons. The molecule has 1 fully saturated rings. The molecule has 1 aliphatic heterocycles. The van der Waals surface area contributed by atoms with E-state index in [1.165, 1.54) is 0 Å². The number of rotatable bonds is 9. The molecule has 1 aromatic heterocycles. The minimum Gasteiger partial charge on any atom is -0.491 e. The number of benzene rings is 2. The number of hydrogen-bond acceptors (Lipinski definition) is 6. The molecule has 3 aromatic rings. The van der Waals surface area contributed by atoms with Gasteiger partial charge in [0.05, 0.1) is 18.1 Å². The standard InChI is InChI=1S/C26H30ClNO5S/c1-18-5-3-8-25(19(18)2)32-16-23(29)14-28(22-11-12-34(30,31)17-22)15-24-9-10-26(33-24)20-6-4-7-21(27)13-20/h3-10,13,22-23,29H,11-12,14-17H2,1-2H3. The van der Waals surface area contributed by atoms with Gasteiger partial charge in [0.1, 0.15) is 30.0 Å². The first-order chi connectivity index (χ1) is 16.2. The Bertz CT molecular complexity index is 1240. The quantitative estimate of drug-likeness (QED) is 0.458. The maximum absolute atomic E-state index is 12.1. The molecule has 4 rings (SSSR count). The molecule has 0 spiro atoms. The van der Waals surface area contributed by atoms with E-state index in [0.29, 0.717) is 29.5 Å². The van der Waals surface area contributed by atoms with E-state index in [1.807, 2.05) is 67.3 Å². The predicted molar refractivity (Wildman–Crippen MR) is 134 cm³/mol. The fraction of sp³-hybridized carbons (Fsp3) is 0.385. The highest BCUT2D eigenvalue weighted by atomic mass is 35.5. The Kier molecular flexibility index (Phi) is 7.67. The molecule has 1 aliphatic rings. The van der Waals surface area contributed by atoms with Gasteiger partial charge >= 0.3 is 0 Å². The van der Waals surface area contributed by atoms with Crippen LogP contribution in [0.4, 0.5) is 0 Å². The van der Waals surface area contributed by atoms with Gasteiger partial charge in [-0.25, -0.2) is 8.42 Å². The number of aliphatic hydroxyl groups excluding tert-OH is 1. The topological polar surface area (TPSA) is 80.0 Å². The largest absolute Gasteiger partial charge is 0.491 e. The summed E-state index contributed by atoms with van der Waals surface area (Å²) >= 11 is 6.10. The van der Waals surface area contributed by atoms with Crippen molar-refractivity contribution in [2.45, 2.75) is 39.0 Å². The lowest BCUT2D eigenvalue weighted by Crippen LogP contribution is -2.42. The van der Waals surface area contributed by atoms with Crippen LogP contribution >= 0.6 is 11.6 Å². The zero-order chi connectivity index (χ0) is 24.3. The Morgan fingerprint density at radius 2 is 1.97 bits per heavy atom. The van der Waals surface area contributed by atoms with Gasteiger partial charge in [0, 0.05) is 23.2 Å². The molecule has 2 heterocycles. The van der Waals surface area contributed by atoms with Crippen LogP contribution in [0, 0.1) is 13.8 Å². The van der Waals surface area contributed by atoms with Crippen molar-refractivity contribution in [1.29, 1.82) is 0 Å². The van der Waals surface area contributed by atoms with Crippen LogP contribution in [0.1, 0.15) is 23.3 Å². The number of nitrogens with zero attached hydrogens (tertiary/aromatic N) is 1. The van der Waals surface area contributed by atoms with Gasteiger partial charge in [-0.05, 0) is 61.7 Å². The van der Waals surface area contributed by atoms with Crippen LogP contribution < -0.4 is 4.74 Å². The van der Waals surface area contributed by atoms with Crippen LogP contribution in [-0.2, 0) is 16.4 Å². The lowest BCUT2D eigenvalue weighted by Gasteiger charge is -2.29. The lowest BCUT2D eigenvalue weighted by molar-refractivity contribution is 0.0496. The van der Waals surface area contributed by atoms with Gasteiger partial charge in [0.25, 0.3) is 0 Å². The van der Waals surface area contributed by atoms with Gasteiger partial charge < -0.3 is 14.3 Å². The van der Waals surface area contributed by atoms with Crippen molar-refractivity contribution in [2.24, 2.45) is 0 Å². The predicted octanol–water partition coefficient (Wildman–Crippen LogP) is 4.65. The van der Waals surface area contributed by atoms with E-state index in [9.17, 15) is 13.5 Å². The highest BCUT2D eigenvalue weighted by Gasteiger charge is 2.33. The number of furan rings is 1. The van der Waals surface area contributed by atoms with Crippen LogP contribution in [0.3, 0.4) is 0 Å². The molecule has 0 bridgehead atoms. The second-order valence-electron chi connectivity index (χ2n) is 8.93. The zero-order valence-electron chi connectivity index (χ0n) is 19.4. The summed E-state index contributed by atoms with van der Waals surface area (Å²) in [6, 6.07) is 16.8. The van der Waals surface area contributed by atoms with Crippen molar-refractivity contribution in [1.82, 2.24) is 4.90 Å². The number of hydrogen-bond donors (Lipinski definition) is 1. The Hall–Kier alpha value is -2.32. The summed E-state index contributed by atoms with van der Waals surface area (Å²) < 4.78 is 36.2. The first-order valence-corrected chi connectivity index (χ1v) is 13.6. The third-order valence-corrected chi connectivity index (χ3v) is 8.27. The third-order valence-electron chi connectivity index (χ3n) is 6.29. The van der Waals surface area contributed by atoms with Crippen LogP contribution in [0.25, 0.3) is 11.3 Å². The molecule has 2 atom stereocenters. The van der Waals surface area contributed by atoms with Crippen molar-refractivity contribution in [3.8, 4) is 17.1 Å². The number of sulfone groups is 1. The number of aliphatic hydroxyl groups is 1. The van der Waals surface area contributed by atoms with Crippen LogP contribution in [0.5, 0.6) is 5.75 Å². The highest BCUT2D eigenvalue weighted by molar-refractivity contribution is 7.91. The van der Waals surface area contributed by atoms with E-state index in [1.54, 1.807) is 6.07 Å². The monoisotopic (exact) mass is 503 g/mol. The fourth-order valence-corrected chi connectivity index (χ4v) is 6.21. The Morgan fingerprint density at radius 3 is 2.71 bits per heavy atom. The van der Waals surface area contributed by atoms with Gasteiger partial charge in [-0.3, -0.25) is 4.90 Å². The molecule has 34 heavy (non-hydrogen) atoms. The third kappa shape index (κ3) is 6.21. The summed E-state index contributed by atoms with van der Waals surface area (Å²) in [5.41, 5.74) is 3.03. The smallest absolute Gasteiger partial charge is 0.151 e. The van der Waals surface area contributed by atoms with Gasteiger partial charge in [-0.15, -0.1) is 0 Å². The molecule has 0 saturated carbocycles. The SMILES string of the molecule is Cc1cccc(OCC(O)CN(Cc2ccc(-c3cccc(Cl)c3)o2)C2CCS(=O)(=O)C2)c1C. The summed E-state index contributed by atoms with van der Waals surface area (Å²) in [7, 11) is -3.08. The van der Waals surface area contributed by atoms with Crippen molar-refractivity contribution in [3.63, 3.8) is 0 Å². The van der Waals surface area contributed by atoms with Crippen molar-refractivity contribution in [2.75, 3.05) is 24.7 Å². The molecule has 0 aliphatic carbocycles. The second-order valence-corrected chi connectivity index (χ2v) is 11.6. The molecule has 1 N–H and O–H groups in total. The normalized spacial score (nSPS) is 18.3. The molecular weight excluding hydrogens is 474 g/mol. The highest BCUT2D eigenvalue weighted by Crippen LogP contribution is 2.27. The molecule has 2 unspecified atom stereocenters. The average Bonchev–Trinajstić information content (AvgIpc) is 3.40. The number of aryl methyl sites for hydroxylation is 1. The van der Waals surface area contributed by atoms with Gasteiger partial charge in [0.15, 0.2) is 9.84 Å². The van der Waals surface area contributed by atoms with Crippen LogP contribution in [0.2, 0.25) is 5.02 Å². The second kappa shape index (κ2) is 10.5. The Balaban J connectivity index is 1.46. The van der Waals surface area contributed by atoms with E-state index in [-0.39, 0.29) is 30.7 Å². The van der Waals surface area contributed by atoms with Gasteiger partial charge in [-0.2, -0.15) is 0 Å². The summed E-state index contributed by atoms with van der Waals surface area (Å²) in [4.78, 5) is 1.99. The van der Waals surface area contributed by atoms with Crippen LogP contribution in [-0.4, -0.2) is 55.2 Å². The van der Waals surface area contributed by atoms with E-state index in [2.05, 4.69) is 0 Å². The van der Waals surface area contributed by atoms with Crippen molar-refractivity contribution < 1.29 is 22.7 Å². The van der Waals surface area contributed by atoms with Gasteiger partial charge in [-0.1, -0.05) is 35.9 Å². The average molecular weight is 504 g/mol. The van der Waals surface area contributed by atoms with Crippen molar-refractivity contribution >= 4 is 21.4 Å². The minimum absolute atomic E-state index is 0.0828. The Labute approximate surface area is 206 Å². The summed E-state index contributed by atoms with van der Waals surface area (Å²) in [6.07, 6.45) is -0.250. The zero-order valence-corrected chi connectivity index (χ0v) is 21.0. The Morgan fingerprint density at radius 1 is 1.18 bits per heavy atom. The van der Waals surface area contributed by atoms with E-state index in [4.69, 9.17) is 20.8 Å². The van der Waals surface area contributed by atoms with E-state index < -0.39 is 15.9 Å². The first-order valence-electron chi connectivity index (χ1n) is 11.4. The minimum atomic E-state index is -3.08. The van der Waals surface area contributed by atoms with Crippen molar-refractivity contribution in [3.05, 3.63) is 76.5 Å². The summed E-state index contributed by atoms with van der Waals surface area (Å²) in [5.74, 6) is 2.37. The number of halogens is 1. The number of ether oxygens (including phenoxy) is 1. The summed E-state index contributed by atoms with van der Waals surface area (Å²) in [5, 5.41) is 11.4. The molecule has 0 amide bonds. The molecule has 0 radical (unpaired) electrons. The summed E-state index contributed by atoms with van der Waals surface area (Å²) in [6.45, 7) is 4.79. The maximum atomic E-state index is 12.1.